The molecule has 9 heteroatoms. The van der Waals surface area contributed by atoms with E-state index in [1.165, 1.54) is 0 Å². The van der Waals surface area contributed by atoms with Gasteiger partial charge in [-0.25, -0.2) is 9.78 Å². The first-order valence-corrected chi connectivity index (χ1v) is 11.5. The van der Waals surface area contributed by atoms with Crippen molar-refractivity contribution in [1.29, 1.82) is 0 Å². The van der Waals surface area contributed by atoms with Gasteiger partial charge in [-0.05, 0) is 42.8 Å². The Balaban J connectivity index is 1.54. The molecule has 5 rings (SSSR count). The lowest BCUT2D eigenvalue weighted by atomic mass is 10.0. The highest BCUT2D eigenvalue weighted by atomic mass is 35.5. The van der Waals surface area contributed by atoms with Crippen LogP contribution in [0.1, 0.15) is 18.2 Å². The summed E-state index contributed by atoms with van der Waals surface area (Å²) in [5.41, 5.74) is 5.27. The van der Waals surface area contributed by atoms with Crippen molar-refractivity contribution in [3.63, 3.8) is 0 Å². The first kappa shape index (κ1) is 21.7. The largest absolute Gasteiger partial charge is 0.374 e. The number of anilines is 1. The highest BCUT2D eigenvalue weighted by Crippen LogP contribution is 2.35. The van der Waals surface area contributed by atoms with Gasteiger partial charge in [-0.3, -0.25) is 9.69 Å². The molecule has 1 N–H and O–H groups in total. The van der Waals surface area contributed by atoms with Gasteiger partial charge >= 0.3 is 6.03 Å². The van der Waals surface area contributed by atoms with Crippen molar-refractivity contribution in [2.45, 2.75) is 26.4 Å². The third-order valence-electron chi connectivity index (χ3n) is 6.26. The number of carbonyl (C=O) groups excluding carboxylic acids is 2. The van der Waals surface area contributed by atoms with Gasteiger partial charge in [-0.2, -0.15) is 0 Å². The van der Waals surface area contributed by atoms with Crippen LogP contribution in [0.5, 0.6) is 0 Å². The average molecular weight is 468 g/mol. The Morgan fingerprint density at radius 2 is 2.12 bits per heavy atom. The maximum absolute atomic E-state index is 12.1. The molecular weight excluding hydrogens is 442 g/mol. The quantitative estimate of drug-likeness (QED) is 0.638. The van der Waals surface area contributed by atoms with Gasteiger partial charge in [-0.15, -0.1) is 0 Å². The summed E-state index contributed by atoms with van der Waals surface area (Å²) in [7, 11) is 0. The minimum absolute atomic E-state index is 0.0573. The van der Waals surface area contributed by atoms with Gasteiger partial charge in [0.25, 0.3) is 0 Å². The second-order valence-corrected chi connectivity index (χ2v) is 8.96. The van der Waals surface area contributed by atoms with Crippen LogP contribution in [0.15, 0.2) is 36.5 Å². The molecule has 0 saturated carbocycles. The molecule has 1 unspecified atom stereocenters. The fourth-order valence-electron chi connectivity index (χ4n) is 4.53. The number of fused-ring (bicyclic) bond motifs is 1. The molecule has 2 fully saturated rings. The number of aryl methyl sites for hydroxylation is 1. The predicted octanol–water partition coefficient (Wildman–Crippen LogP) is 3.28. The van der Waals surface area contributed by atoms with Crippen molar-refractivity contribution >= 4 is 34.9 Å². The van der Waals surface area contributed by atoms with E-state index in [9.17, 15) is 9.59 Å². The maximum Gasteiger partial charge on any atom is 0.321 e. The fraction of sp³-hybridized carbons (Fsp3) is 0.375. The van der Waals surface area contributed by atoms with Crippen LogP contribution >= 0.6 is 11.6 Å². The van der Waals surface area contributed by atoms with E-state index in [0.29, 0.717) is 44.2 Å². The van der Waals surface area contributed by atoms with Crippen molar-refractivity contribution in [1.82, 2.24) is 19.6 Å². The number of rotatable bonds is 4. The number of hydrogen-bond donors (Lipinski definition) is 1. The third-order valence-corrected chi connectivity index (χ3v) is 6.57. The summed E-state index contributed by atoms with van der Waals surface area (Å²) in [6.07, 6.45) is 2.48. The van der Waals surface area contributed by atoms with E-state index in [1.54, 1.807) is 11.8 Å². The minimum atomic E-state index is -0.131. The number of urea groups is 1. The Labute approximate surface area is 197 Å². The standard InChI is InChI=1S/C24H26ClN5O3/c1-15-5-7-30-21(13-18-14-28(16(2)31)9-10-33-18)23(27-22(30)11-15)19-4-3-17(12-20(19)25)29-8-6-26-24(29)32/h3-5,7,11-12,18H,6,8-10,13-14H2,1-2H3,(H,26,32). The Morgan fingerprint density at radius 3 is 2.85 bits per heavy atom. The molecule has 2 aliphatic rings. The van der Waals surface area contributed by atoms with Crippen molar-refractivity contribution in [3.8, 4) is 11.3 Å². The predicted molar refractivity (Wildman–Crippen MR) is 127 cm³/mol. The number of carbonyl (C=O) groups is 2. The lowest BCUT2D eigenvalue weighted by Crippen LogP contribution is -2.45. The molecule has 0 spiro atoms. The number of aromatic nitrogens is 2. The Hall–Kier alpha value is -3.10. The van der Waals surface area contributed by atoms with Crippen molar-refractivity contribution in [3.05, 3.63) is 52.8 Å². The SMILES string of the molecule is CC(=O)N1CCOC(Cc2c(-c3ccc(N4CCNC4=O)cc3Cl)nc3cc(C)ccn23)C1. The normalized spacial score (nSPS) is 18.8. The van der Waals surface area contributed by atoms with Crippen LogP contribution in [0, 0.1) is 6.92 Å². The number of pyridine rings is 1. The van der Waals surface area contributed by atoms with E-state index in [1.807, 2.05) is 48.4 Å². The second kappa shape index (κ2) is 8.68. The van der Waals surface area contributed by atoms with Gasteiger partial charge in [0.05, 0.1) is 29.1 Å². The van der Waals surface area contributed by atoms with Crippen molar-refractivity contribution < 1.29 is 14.3 Å². The number of halogens is 1. The van der Waals surface area contributed by atoms with Gasteiger partial charge < -0.3 is 19.4 Å². The second-order valence-electron chi connectivity index (χ2n) is 8.55. The van der Waals surface area contributed by atoms with Crippen LogP contribution in [0.25, 0.3) is 16.9 Å². The summed E-state index contributed by atoms with van der Waals surface area (Å²) >= 11 is 6.74. The van der Waals surface area contributed by atoms with Crippen LogP contribution in [0.3, 0.4) is 0 Å². The Kier molecular flexibility index (Phi) is 5.72. The summed E-state index contributed by atoms with van der Waals surface area (Å²) in [5, 5.41) is 3.34. The van der Waals surface area contributed by atoms with Crippen LogP contribution in [0.2, 0.25) is 5.02 Å². The highest BCUT2D eigenvalue weighted by Gasteiger charge is 2.27. The van der Waals surface area contributed by atoms with Crippen LogP contribution < -0.4 is 10.2 Å². The number of nitrogens with one attached hydrogen (secondary N) is 1. The molecule has 172 valence electrons. The number of morpholine rings is 1. The molecule has 2 aliphatic heterocycles. The van der Waals surface area contributed by atoms with E-state index in [-0.39, 0.29) is 18.0 Å². The van der Waals surface area contributed by atoms with E-state index in [4.69, 9.17) is 21.3 Å². The van der Waals surface area contributed by atoms with Crippen LogP contribution in [-0.4, -0.2) is 65.1 Å². The molecule has 0 aliphatic carbocycles. The van der Waals surface area contributed by atoms with Crippen molar-refractivity contribution in [2.75, 3.05) is 37.7 Å². The van der Waals surface area contributed by atoms with E-state index in [0.717, 1.165) is 33.8 Å². The summed E-state index contributed by atoms with van der Waals surface area (Å²) in [6.45, 7) is 6.53. The van der Waals surface area contributed by atoms with E-state index >= 15 is 0 Å². The zero-order valence-corrected chi connectivity index (χ0v) is 19.4. The van der Waals surface area contributed by atoms with Gasteiger partial charge in [0.15, 0.2) is 0 Å². The third kappa shape index (κ3) is 4.16. The summed E-state index contributed by atoms with van der Waals surface area (Å²) < 4.78 is 8.07. The van der Waals surface area contributed by atoms with E-state index < -0.39 is 0 Å². The average Bonchev–Trinajstić information content (AvgIpc) is 3.37. The molecule has 1 atom stereocenters. The van der Waals surface area contributed by atoms with E-state index in [2.05, 4.69) is 9.72 Å². The first-order chi connectivity index (χ1) is 15.9. The van der Waals surface area contributed by atoms with Crippen molar-refractivity contribution in [2.24, 2.45) is 0 Å². The number of imidazole rings is 1. The number of nitrogens with zero attached hydrogens (tertiary/aromatic N) is 4. The lowest BCUT2D eigenvalue weighted by molar-refractivity contribution is -0.136. The van der Waals surface area contributed by atoms with Gasteiger partial charge in [0.2, 0.25) is 5.91 Å². The summed E-state index contributed by atoms with van der Waals surface area (Å²) in [6, 6.07) is 9.60. The zero-order chi connectivity index (χ0) is 23.1. The smallest absolute Gasteiger partial charge is 0.321 e. The molecule has 2 aromatic heterocycles. The summed E-state index contributed by atoms with van der Waals surface area (Å²) in [4.78, 5) is 32.4. The minimum Gasteiger partial charge on any atom is -0.374 e. The lowest BCUT2D eigenvalue weighted by Gasteiger charge is -2.32. The molecule has 33 heavy (non-hydrogen) atoms. The fourth-order valence-corrected chi connectivity index (χ4v) is 4.80. The monoisotopic (exact) mass is 467 g/mol. The number of ether oxygens (including phenoxy) is 1. The molecule has 1 aromatic carbocycles. The van der Waals surface area contributed by atoms with Gasteiger partial charge in [0, 0.05) is 57.0 Å². The van der Waals surface area contributed by atoms with Crippen LogP contribution in [-0.2, 0) is 16.0 Å². The highest BCUT2D eigenvalue weighted by molar-refractivity contribution is 6.33. The molecule has 4 heterocycles. The maximum atomic E-state index is 12.1. The number of hydrogen-bond acceptors (Lipinski definition) is 4. The molecule has 3 aromatic rings. The topological polar surface area (TPSA) is 79.2 Å². The Morgan fingerprint density at radius 1 is 1.27 bits per heavy atom. The number of amides is 3. The molecule has 8 nitrogen and oxygen atoms in total. The van der Waals surface area contributed by atoms with Gasteiger partial charge in [-0.1, -0.05) is 11.6 Å². The molecule has 0 bridgehead atoms. The first-order valence-electron chi connectivity index (χ1n) is 11.1. The molecule has 0 radical (unpaired) electrons. The Bertz CT molecular complexity index is 1240. The molecule has 3 amide bonds. The molecule has 2 saturated heterocycles. The summed E-state index contributed by atoms with van der Waals surface area (Å²) in [5.74, 6) is 0.0573. The van der Waals surface area contributed by atoms with Crippen LogP contribution in [0.4, 0.5) is 10.5 Å². The molecular formula is C24H26ClN5O3. The van der Waals surface area contributed by atoms with Gasteiger partial charge in [0.1, 0.15) is 5.65 Å². The number of benzene rings is 1. The zero-order valence-electron chi connectivity index (χ0n) is 18.7.